The number of thiophene rings is 1. The molecule has 2 aromatic heterocycles. The molecule has 92 valence electrons. The van der Waals surface area contributed by atoms with Crippen molar-refractivity contribution in [3.05, 3.63) is 41.0 Å². The molecule has 0 saturated carbocycles. The number of hydrogen-bond acceptors (Lipinski definition) is 5. The Hall–Kier alpha value is -2.01. The first-order valence-corrected chi connectivity index (χ1v) is 6.09. The molecule has 2 aromatic rings. The Kier molecular flexibility index (Phi) is 3.53. The first-order valence-electron chi connectivity index (χ1n) is 5.27. The number of methoxy groups -OCH3 is 1. The Bertz CT molecular complexity index is 604. The molecule has 2 heterocycles. The lowest BCUT2D eigenvalue weighted by atomic mass is 10.2. The van der Waals surface area contributed by atoms with Crippen LogP contribution in [0.25, 0.3) is 10.4 Å². The minimum Gasteiger partial charge on any atom is -0.464 e. The van der Waals surface area contributed by atoms with Gasteiger partial charge in [-0.25, -0.2) is 9.78 Å². The summed E-state index contributed by atoms with van der Waals surface area (Å²) in [5.74, 6) is -0.436. The molecule has 0 fully saturated rings. The van der Waals surface area contributed by atoms with Gasteiger partial charge in [-0.1, -0.05) is 0 Å². The molecule has 0 N–H and O–H groups in total. The van der Waals surface area contributed by atoms with Gasteiger partial charge in [0.2, 0.25) is 0 Å². The number of aromatic nitrogens is 1. The molecule has 0 amide bonds. The van der Waals surface area contributed by atoms with Crippen molar-refractivity contribution in [3.63, 3.8) is 0 Å². The van der Waals surface area contributed by atoms with Gasteiger partial charge >= 0.3 is 5.97 Å². The molecule has 0 saturated heterocycles. The number of nitrogens with zero attached hydrogens (tertiary/aromatic N) is 1. The summed E-state index contributed by atoms with van der Waals surface area (Å²) in [5, 5.41) is 0. The van der Waals surface area contributed by atoms with Crippen LogP contribution in [-0.2, 0) is 4.74 Å². The SMILES string of the molecule is COC(=O)c1cc(-c2ccc(C(C)=O)s2)ccn1. The van der Waals surface area contributed by atoms with Crippen molar-refractivity contribution in [2.24, 2.45) is 0 Å². The highest BCUT2D eigenvalue weighted by Crippen LogP contribution is 2.28. The Balaban J connectivity index is 2.38. The normalized spacial score (nSPS) is 10.1. The van der Waals surface area contributed by atoms with Crippen molar-refractivity contribution in [3.8, 4) is 10.4 Å². The number of carbonyl (C=O) groups is 2. The monoisotopic (exact) mass is 261 g/mol. The Labute approximate surface area is 108 Å². The van der Waals surface area contributed by atoms with Crippen LogP contribution in [0.5, 0.6) is 0 Å². The minimum absolute atomic E-state index is 0.0356. The molecule has 0 unspecified atom stereocenters. The van der Waals surface area contributed by atoms with E-state index in [1.54, 1.807) is 24.4 Å². The number of ketones is 1. The first kappa shape index (κ1) is 12.4. The highest BCUT2D eigenvalue weighted by atomic mass is 32.1. The number of hydrogen-bond donors (Lipinski definition) is 0. The van der Waals surface area contributed by atoms with E-state index in [4.69, 9.17) is 0 Å². The summed E-state index contributed by atoms with van der Waals surface area (Å²) in [4.78, 5) is 28.2. The molecule has 0 aliphatic heterocycles. The highest BCUT2D eigenvalue weighted by Gasteiger charge is 2.10. The Morgan fingerprint density at radius 3 is 2.67 bits per heavy atom. The lowest BCUT2D eigenvalue weighted by molar-refractivity contribution is 0.0594. The zero-order valence-corrected chi connectivity index (χ0v) is 10.8. The summed E-state index contributed by atoms with van der Waals surface area (Å²) in [7, 11) is 1.32. The zero-order valence-electron chi connectivity index (χ0n) is 9.97. The summed E-state index contributed by atoms with van der Waals surface area (Å²) in [6, 6.07) is 7.09. The first-order chi connectivity index (χ1) is 8.61. The standard InChI is InChI=1S/C13H11NO3S/c1-8(15)11-3-4-12(18-11)9-5-6-14-10(7-9)13(16)17-2/h3-7H,1-2H3. The summed E-state index contributed by atoms with van der Waals surface area (Å²) in [5.41, 5.74) is 1.11. The van der Waals surface area contributed by atoms with Crippen LogP contribution >= 0.6 is 11.3 Å². The third-order valence-corrected chi connectivity index (χ3v) is 3.63. The van der Waals surface area contributed by atoms with Gasteiger partial charge in [-0.05, 0) is 36.8 Å². The van der Waals surface area contributed by atoms with E-state index in [9.17, 15) is 9.59 Å². The average molecular weight is 261 g/mol. The summed E-state index contributed by atoms with van der Waals surface area (Å²) >= 11 is 1.39. The fourth-order valence-electron chi connectivity index (χ4n) is 1.48. The molecular formula is C13H11NO3S. The minimum atomic E-state index is -0.472. The molecule has 0 spiro atoms. The topological polar surface area (TPSA) is 56.3 Å². The van der Waals surface area contributed by atoms with Gasteiger partial charge in [-0.2, -0.15) is 0 Å². The molecular weight excluding hydrogens is 250 g/mol. The van der Waals surface area contributed by atoms with Gasteiger partial charge in [0, 0.05) is 11.1 Å². The summed E-state index contributed by atoms with van der Waals surface area (Å²) in [6.45, 7) is 1.53. The lowest BCUT2D eigenvalue weighted by Crippen LogP contribution is -2.03. The van der Waals surface area contributed by atoms with Gasteiger partial charge in [0.25, 0.3) is 0 Å². The highest BCUT2D eigenvalue weighted by molar-refractivity contribution is 7.17. The molecule has 0 aromatic carbocycles. The van der Waals surface area contributed by atoms with Crippen molar-refractivity contribution in [2.45, 2.75) is 6.92 Å². The predicted molar refractivity (Wildman–Crippen MR) is 68.9 cm³/mol. The van der Waals surface area contributed by atoms with Crippen LogP contribution in [0.15, 0.2) is 30.5 Å². The quantitative estimate of drug-likeness (QED) is 0.629. The van der Waals surface area contributed by atoms with Crippen molar-refractivity contribution in [1.29, 1.82) is 0 Å². The Morgan fingerprint density at radius 1 is 1.28 bits per heavy atom. The summed E-state index contributed by atoms with van der Waals surface area (Å²) in [6.07, 6.45) is 1.55. The fourth-order valence-corrected chi connectivity index (χ4v) is 2.38. The van der Waals surface area contributed by atoms with Crippen LogP contribution in [0.1, 0.15) is 27.1 Å². The second-order valence-electron chi connectivity index (χ2n) is 3.64. The number of pyridine rings is 1. The molecule has 0 bridgehead atoms. The van der Waals surface area contributed by atoms with E-state index in [2.05, 4.69) is 9.72 Å². The predicted octanol–water partition coefficient (Wildman–Crippen LogP) is 2.80. The van der Waals surface area contributed by atoms with Gasteiger partial charge in [-0.15, -0.1) is 11.3 Å². The maximum atomic E-state index is 11.4. The maximum Gasteiger partial charge on any atom is 0.356 e. The molecule has 0 radical (unpaired) electrons. The molecule has 0 aliphatic rings. The second-order valence-corrected chi connectivity index (χ2v) is 4.73. The van der Waals surface area contributed by atoms with Crippen LogP contribution in [-0.4, -0.2) is 23.8 Å². The van der Waals surface area contributed by atoms with Gasteiger partial charge in [0.15, 0.2) is 5.78 Å². The van der Waals surface area contributed by atoms with Gasteiger partial charge in [0.05, 0.1) is 12.0 Å². The van der Waals surface area contributed by atoms with Crippen LogP contribution in [0, 0.1) is 0 Å². The van der Waals surface area contributed by atoms with Crippen molar-refractivity contribution >= 4 is 23.1 Å². The van der Waals surface area contributed by atoms with Crippen molar-refractivity contribution in [1.82, 2.24) is 4.98 Å². The van der Waals surface area contributed by atoms with Gasteiger partial charge < -0.3 is 4.74 Å². The van der Waals surface area contributed by atoms with E-state index in [1.165, 1.54) is 25.4 Å². The Morgan fingerprint density at radius 2 is 2.06 bits per heavy atom. The molecule has 5 heteroatoms. The third kappa shape index (κ3) is 2.46. The van der Waals surface area contributed by atoms with Gasteiger partial charge in [-0.3, -0.25) is 4.79 Å². The van der Waals surface area contributed by atoms with E-state index < -0.39 is 5.97 Å². The van der Waals surface area contributed by atoms with E-state index in [0.29, 0.717) is 4.88 Å². The number of ether oxygens (including phenoxy) is 1. The average Bonchev–Trinajstić information content (AvgIpc) is 2.88. The zero-order chi connectivity index (χ0) is 13.1. The van der Waals surface area contributed by atoms with Crippen molar-refractivity contribution in [2.75, 3.05) is 7.11 Å². The molecule has 0 aliphatic carbocycles. The van der Waals surface area contributed by atoms with Crippen LogP contribution in [0.4, 0.5) is 0 Å². The molecule has 18 heavy (non-hydrogen) atoms. The van der Waals surface area contributed by atoms with Crippen LogP contribution in [0.3, 0.4) is 0 Å². The van der Waals surface area contributed by atoms with Gasteiger partial charge in [0.1, 0.15) is 5.69 Å². The molecule has 2 rings (SSSR count). The second kappa shape index (κ2) is 5.10. The lowest BCUT2D eigenvalue weighted by Gasteiger charge is -2.00. The van der Waals surface area contributed by atoms with Crippen LogP contribution in [0.2, 0.25) is 0 Å². The van der Waals surface area contributed by atoms with Crippen molar-refractivity contribution < 1.29 is 14.3 Å². The molecule has 4 nitrogen and oxygen atoms in total. The summed E-state index contributed by atoms with van der Waals surface area (Å²) < 4.78 is 4.62. The molecule has 0 atom stereocenters. The van der Waals surface area contributed by atoms with Crippen LogP contribution < -0.4 is 0 Å². The number of esters is 1. The van der Waals surface area contributed by atoms with E-state index >= 15 is 0 Å². The largest absolute Gasteiger partial charge is 0.464 e. The number of carbonyl (C=O) groups excluding carboxylic acids is 2. The number of Topliss-reactive ketones (excluding diaryl/α,β-unsaturated/α-hetero) is 1. The number of rotatable bonds is 3. The fraction of sp³-hybridized carbons (Fsp3) is 0.154. The smallest absolute Gasteiger partial charge is 0.356 e. The third-order valence-electron chi connectivity index (χ3n) is 2.39. The van der Waals surface area contributed by atoms with E-state index in [0.717, 1.165) is 10.4 Å². The maximum absolute atomic E-state index is 11.4. The van der Waals surface area contributed by atoms with E-state index in [-0.39, 0.29) is 11.5 Å². The van der Waals surface area contributed by atoms with E-state index in [1.807, 2.05) is 6.07 Å².